The molecule has 2 rings (SSSR count). The fourth-order valence-corrected chi connectivity index (χ4v) is 4.65. The maximum absolute atomic E-state index is 13.5. The van der Waals surface area contributed by atoms with Gasteiger partial charge < -0.3 is 10.2 Å². The Morgan fingerprint density at radius 2 is 1.70 bits per heavy atom. The molecule has 0 spiro atoms. The van der Waals surface area contributed by atoms with E-state index < -0.39 is 28.5 Å². The van der Waals surface area contributed by atoms with Crippen molar-refractivity contribution >= 4 is 50.7 Å². The zero-order valence-corrected chi connectivity index (χ0v) is 21.5. The van der Waals surface area contributed by atoms with Gasteiger partial charge in [0.15, 0.2) is 0 Å². The second-order valence-corrected chi connectivity index (χ2v) is 10.4. The summed E-state index contributed by atoms with van der Waals surface area (Å²) in [5.74, 6) is -0.806. The zero-order valence-electron chi connectivity index (χ0n) is 19.1. The fraction of sp³-hybridized carbons (Fsp3) is 0.391. The molecule has 33 heavy (non-hydrogen) atoms. The van der Waals surface area contributed by atoms with Crippen molar-refractivity contribution in [3.05, 3.63) is 63.6 Å². The van der Waals surface area contributed by atoms with Gasteiger partial charge in [0.05, 0.1) is 11.9 Å². The highest BCUT2D eigenvalue weighted by Gasteiger charge is 2.32. The molecule has 0 heterocycles. The SMILES string of the molecule is CCNC(=O)C(CC)N(Cc1ccc(Cl)cc1)C(=O)CN(c1cccc(Cl)c1C)S(C)(=O)=O. The summed E-state index contributed by atoms with van der Waals surface area (Å²) < 4.78 is 26.3. The van der Waals surface area contributed by atoms with Crippen LogP contribution in [0.5, 0.6) is 0 Å². The normalized spacial score (nSPS) is 12.2. The van der Waals surface area contributed by atoms with Crippen LogP contribution in [0.15, 0.2) is 42.5 Å². The highest BCUT2D eigenvalue weighted by Crippen LogP contribution is 2.28. The van der Waals surface area contributed by atoms with Crippen molar-refractivity contribution in [2.75, 3.05) is 23.7 Å². The van der Waals surface area contributed by atoms with Crippen molar-refractivity contribution in [1.29, 1.82) is 0 Å². The lowest BCUT2D eigenvalue weighted by Crippen LogP contribution is -2.52. The summed E-state index contributed by atoms with van der Waals surface area (Å²) in [5, 5.41) is 3.69. The van der Waals surface area contributed by atoms with E-state index in [9.17, 15) is 18.0 Å². The molecule has 0 aliphatic carbocycles. The van der Waals surface area contributed by atoms with E-state index in [2.05, 4.69) is 5.32 Å². The van der Waals surface area contributed by atoms with Crippen LogP contribution in [0.4, 0.5) is 5.69 Å². The third-order valence-corrected chi connectivity index (χ3v) is 6.98. The predicted octanol–water partition coefficient (Wildman–Crippen LogP) is 4.01. The van der Waals surface area contributed by atoms with Gasteiger partial charge in [0.1, 0.15) is 12.6 Å². The Kier molecular flexibility index (Phi) is 9.57. The van der Waals surface area contributed by atoms with Crippen LogP contribution in [-0.4, -0.2) is 50.5 Å². The van der Waals surface area contributed by atoms with Crippen LogP contribution < -0.4 is 9.62 Å². The Bertz CT molecular complexity index is 1090. The highest BCUT2D eigenvalue weighted by molar-refractivity contribution is 7.92. The molecule has 1 atom stereocenters. The van der Waals surface area contributed by atoms with E-state index in [1.165, 1.54) is 4.90 Å². The Labute approximate surface area is 205 Å². The number of rotatable bonds is 10. The average Bonchev–Trinajstić information content (AvgIpc) is 2.75. The summed E-state index contributed by atoms with van der Waals surface area (Å²) in [6.45, 7) is 5.35. The molecular formula is C23H29Cl2N3O4S. The lowest BCUT2D eigenvalue weighted by molar-refractivity contribution is -0.140. The Morgan fingerprint density at radius 1 is 1.06 bits per heavy atom. The summed E-state index contributed by atoms with van der Waals surface area (Å²) in [4.78, 5) is 27.7. The van der Waals surface area contributed by atoms with Crippen LogP contribution in [-0.2, 0) is 26.2 Å². The van der Waals surface area contributed by atoms with Crippen LogP contribution in [0.3, 0.4) is 0 Å². The zero-order chi connectivity index (χ0) is 24.8. The molecule has 0 bridgehead atoms. The van der Waals surface area contributed by atoms with Gasteiger partial charge in [-0.1, -0.05) is 48.3 Å². The van der Waals surface area contributed by atoms with Gasteiger partial charge in [-0.3, -0.25) is 13.9 Å². The number of hydrogen-bond acceptors (Lipinski definition) is 4. The van der Waals surface area contributed by atoms with Gasteiger partial charge in [-0.2, -0.15) is 0 Å². The predicted molar refractivity (Wildman–Crippen MR) is 133 cm³/mol. The molecule has 0 radical (unpaired) electrons. The summed E-state index contributed by atoms with van der Waals surface area (Å²) in [6.07, 6.45) is 1.39. The van der Waals surface area contributed by atoms with Crippen LogP contribution >= 0.6 is 23.2 Å². The summed E-state index contributed by atoms with van der Waals surface area (Å²) in [6, 6.07) is 11.0. The van der Waals surface area contributed by atoms with Crippen molar-refractivity contribution < 1.29 is 18.0 Å². The molecule has 0 aliphatic heterocycles. The maximum atomic E-state index is 13.5. The van der Waals surface area contributed by atoms with Gasteiger partial charge >= 0.3 is 0 Å². The summed E-state index contributed by atoms with van der Waals surface area (Å²) in [7, 11) is -3.82. The molecule has 7 nitrogen and oxygen atoms in total. The third kappa shape index (κ3) is 7.09. The smallest absolute Gasteiger partial charge is 0.244 e. The number of anilines is 1. The molecule has 2 amide bonds. The van der Waals surface area contributed by atoms with Gasteiger partial charge in [-0.25, -0.2) is 8.42 Å². The number of hydrogen-bond donors (Lipinski definition) is 1. The van der Waals surface area contributed by atoms with Gasteiger partial charge in [0.2, 0.25) is 21.8 Å². The van der Waals surface area contributed by atoms with Crippen molar-refractivity contribution in [3.63, 3.8) is 0 Å². The standard InChI is InChI=1S/C23H29Cl2N3O4S/c1-5-20(23(30)26-6-2)27(14-17-10-12-18(24)13-11-17)22(29)15-28(33(4,31)32)21-9-7-8-19(25)16(21)3/h7-13,20H,5-6,14-15H2,1-4H3,(H,26,30). The molecule has 0 aliphatic rings. The third-order valence-electron chi connectivity index (χ3n) is 5.19. The van der Waals surface area contributed by atoms with Crippen molar-refractivity contribution in [3.8, 4) is 0 Å². The maximum Gasteiger partial charge on any atom is 0.244 e. The molecule has 180 valence electrons. The molecule has 0 fully saturated rings. The molecular weight excluding hydrogens is 485 g/mol. The molecule has 0 aromatic heterocycles. The first-order valence-corrected chi connectivity index (χ1v) is 13.1. The second kappa shape index (κ2) is 11.7. The summed E-state index contributed by atoms with van der Waals surface area (Å²) in [5.41, 5.74) is 1.62. The molecule has 1 N–H and O–H groups in total. The Hall–Kier alpha value is -2.29. The first-order valence-electron chi connectivity index (χ1n) is 10.5. The van der Waals surface area contributed by atoms with Crippen molar-refractivity contribution in [2.24, 2.45) is 0 Å². The molecule has 2 aromatic rings. The highest BCUT2D eigenvalue weighted by atomic mass is 35.5. The van der Waals surface area contributed by atoms with E-state index in [1.54, 1.807) is 63.2 Å². The van der Waals surface area contributed by atoms with Crippen LogP contribution in [0.2, 0.25) is 10.0 Å². The quantitative estimate of drug-likeness (QED) is 0.519. The van der Waals surface area contributed by atoms with Crippen LogP contribution in [0.1, 0.15) is 31.4 Å². The number of benzene rings is 2. The largest absolute Gasteiger partial charge is 0.355 e. The Balaban J connectivity index is 2.47. The van der Waals surface area contributed by atoms with Crippen LogP contribution in [0, 0.1) is 6.92 Å². The topological polar surface area (TPSA) is 86.8 Å². The number of likely N-dealkylation sites (N-methyl/N-ethyl adjacent to an activating group) is 1. The minimum atomic E-state index is -3.82. The minimum absolute atomic E-state index is 0.123. The van der Waals surface area contributed by atoms with Gasteiger partial charge in [0, 0.05) is 23.1 Å². The Morgan fingerprint density at radius 3 is 2.24 bits per heavy atom. The fourth-order valence-electron chi connectivity index (χ4n) is 3.46. The number of sulfonamides is 1. The number of nitrogens with zero attached hydrogens (tertiary/aromatic N) is 2. The number of amides is 2. The number of nitrogens with one attached hydrogen (secondary N) is 1. The van der Waals surface area contributed by atoms with E-state index in [0.29, 0.717) is 34.3 Å². The number of halogens is 2. The molecule has 2 aromatic carbocycles. The monoisotopic (exact) mass is 513 g/mol. The lowest BCUT2D eigenvalue weighted by atomic mass is 10.1. The van der Waals surface area contributed by atoms with E-state index in [-0.39, 0.29) is 12.5 Å². The molecule has 1 unspecified atom stereocenters. The summed E-state index contributed by atoms with van der Waals surface area (Å²) >= 11 is 12.2. The first-order chi connectivity index (χ1) is 15.5. The first kappa shape index (κ1) is 27.0. The minimum Gasteiger partial charge on any atom is -0.355 e. The van der Waals surface area contributed by atoms with E-state index in [0.717, 1.165) is 16.1 Å². The molecule has 0 saturated carbocycles. The average molecular weight is 514 g/mol. The molecule has 10 heteroatoms. The van der Waals surface area contributed by atoms with Crippen molar-refractivity contribution in [1.82, 2.24) is 10.2 Å². The van der Waals surface area contributed by atoms with E-state index >= 15 is 0 Å². The second-order valence-electron chi connectivity index (χ2n) is 7.62. The van der Waals surface area contributed by atoms with E-state index in [4.69, 9.17) is 23.2 Å². The lowest BCUT2D eigenvalue weighted by Gasteiger charge is -2.33. The van der Waals surface area contributed by atoms with E-state index in [1.807, 2.05) is 0 Å². The van der Waals surface area contributed by atoms with Gasteiger partial charge in [0.25, 0.3) is 0 Å². The van der Waals surface area contributed by atoms with Gasteiger partial charge in [-0.05, 0) is 55.7 Å². The van der Waals surface area contributed by atoms with Crippen LogP contribution in [0.25, 0.3) is 0 Å². The number of carbonyl (C=O) groups is 2. The van der Waals surface area contributed by atoms with Gasteiger partial charge in [-0.15, -0.1) is 0 Å². The number of carbonyl (C=O) groups excluding carboxylic acids is 2. The van der Waals surface area contributed by atoms with Crippen molar-refractivity contribution in [2.45, 2.75) is 39.8 Å². The molecule has 0 saturated heterocycles.